The van der Waals surface area contributed by atoms with Gasteiger partial charge in [-0.25, -0.2) is 4.79 Å². The van der Waals surface area contributed by atoms with E-state index in [-0.39, 0.29) is 29.9 Å². The second-order valence-electron chi connectivity index (χ2n) is 8.72. The Morgan fingerprint density at radius 3 is 2.25 bits per heavy atom. The Labute approximate surface area is 169 Å². The van der Waals surface area contributed by atoms with Crippen LogP contribution in [-0.2, 0) is 11.3 Å². The van der Waals surface area contributed by atoms with E-state index in [1.165, 1.54) is 0 Å². The van der Waals surface area contributed by atoms with Gasteiger partial charge in [0.1, 0.15) is 0 Å². The van der Waals surface area contributed by atoms with Crippen molar-refractivity contribution in [2.45, 2.75) is 66.1 Å². The SMILES string of the molecule is CC(C)NC(=O)N(Cc1cc(NC(=O)C2CC2)ccc1N(C)C)[C@H](C)C(C)C. The molecule has 0 unspecified atom stereocenters. The average Bonchev–Trinajstić information content (AvgIpc) is 3.43. The molecule has 0 bridgehead atoms. The van der Waals surface area contributed by atoms with Crippen LogP contribution in [0.4, 0.5) is 16.2 Å². The molecule has 0 aromatic heterocycles. The number of nitrogens with zero attached hydrogens (tertiary/aromatic N) is 2. The van der Waals surface area contributed by atoms with Crippen LogP contribution in [0.15, 0.2) is 18.2 Å². The van der Waals surface area contributed by atoms with Gasteiger partial charge < -0.3 is 20.4 Å². The number of carbonyl (C=O) groups is 2. The predicted molar refractivity (Wildman–Crippen MR) is 116 cm³/mol. The number of urea groups is 1. The van der Waals surface area contributed by atoms with Crippen molar-refractivity contribution in [3.05, 3.63) is 23.8 Å². The fourth-order valence-electron chi connectivity index (χ4n) is 3.09. The third kappa shape index (κ3) is 5.88. The zero-order chi connectivity index (χ0) is 21.0. The molecule has 6 nitrogen and oxygen atoms in total. The number of benzene rings is 1. The summed E-state index contributed by atoms with van der Waals surface area (Å²) in [6, 6.07) is 6.04. The van der Waals surface area contributed by atoms with E-state index in [0.29, 0.717) is 12.5 Å². The molecule has 0 spiro atoms. The van der Waals surface area contributed by atoms with Crippen molar-refractivity contribution in [2.24, 2.45) is 11.8 Å². The van der Waals surface area contributed by atoms with E-state index >= 15 is 0 Å². The Morgan fingerprint density at radius 2 is 1.75 bits per heavy atom. The van der Waals surface area contributed by atoms with Crippen molar-refractivity contribution < 1.29 is 9.59 Å². The Kier molecular flexibility index (Phi) is 7.33. The minimum absolute atomic E-state index is 0.0617. The third-order valence-corrected chi connectivity index (χ3v) is 5.25. The molecular formula is C22H36N4O2. The van der Waals surface area contributed by atoms with Crippen molar-refractivity contribution >= 4 is 23.3 Å². The van der Waals surface area contributed by atoms with Crippen LogP contribution >= 0.6 is 0 Å². The Morgan fingerprint density at radius 1 is 1.11 bits per heavy atom. The molecular weight excluding hydrogens is 352 g/mol. The van der Waals surface area contributed by atoms with Crippen LogP contribution in [-0.4, -0.2) is 43.0 Å². The van der Waals surface area contributed by atoms with Gasteiger partial charge in [-0.05, 0) is 63.3 Å². The standard InChI is InChI=1S/C22H36N4O2/c1-14(2)16(5)26(22(28)23-15(3)4)13-18-12-19(10-11-20(18)25(6)7)24-21(27)17-8-9-17/h10-12,14-17H,8-9,13H2,1-7H3,(H,23,28)(H,24,27)/t16-/m1/s1. The molecule has 0 heterocycles. The van der Waals surface area contributed by atoms with Gasteiger partial charge in [-0.15, -0.1) is 0 Å². The van der Waals surface area contributed by atoms with Crippen LogP contribution in [0.2, 0.25) is 0 Å². The first-order chi connectivity index (χ1) is 13.1. The molecule has 1 saturated carbocycles. The van der Waals surface area contributed by atoms with Crippen LogP contribution in [0.3, 0.4) is 0 Å². The van der Waals surface area contributed by atoms with Gasteiger partial charge in [-0.1, -0.05) is 13.8 Å². The largest absolute Gasteiger partial charge is 0.377 e. The van der Waals surface area contributed by atoms with E-state index in [9.17, 15) is 9.59 Å². The van der Waals surface area contributed by atoms with E-state index < -0.39 is 0 Å². The molecule has 0 aliphatic heterocycles. The maximum atomic E-state index is 12.9. The minimum atomic E-state index is -0.0617. The number of amides is 3. The normalized spacial score (nSPS) is 14.8. The van der Waals surface area contributed by atoms with Gasteiger partial charge >= 0.3 is 6.03 Å². The Bertz CT molecular complexity index is 696. The first kappa shape index (κ1) is 22.1. The molecule has 1 aromatic rings. The third-order valence-electron chi connectivity index (χ3n) is 5.25. The lowest BCUT2D eigenvalue weighted by molar-refractivity contribution is -0.117. The van der Waals surface area contributed by atoms with Crippen molar-refractivity contribution in [3.63, 3.8) is 0 Å². The first-order valence-electron chi connectivity index (χ1n) is 10.3. The molecule has 28 heavy (non-hydrogen) atoms. The van der Waals surface area contributed by atoms with E-state index in [1.807, 2.05) is 55.9 Å². The van der Waals surface area contributed by atoms with Crippen LogP contribution < -0.4 is 15.5 Å². The quantitative estimate of drug-likeness (QED) is 0.706. The van der Waals surface area contributed by atoms with Gasteiger partial charge in [0.2, 0.25) is 5.91 Å². The molecule has 1 aromatic carbocycles. The van der Waals surface area contributed by atoms with Gasteiger partial charge in [-0.3, -0.25) is 4.79 Å². The molecule has 2 N–H and O–H groups in total. The summed E-state index contributed by atoms with van der Waals surface area (Å²) in [5.74, 6) is 0.582. The lowest BCUT2D eigenvalue weighted by atomic mass is 10.0. The molecule has 0 saturated heterocycles. The predicted octanol–water partition coefficient (Wildman–Crippen LogP) is 4.07. The molecule has 1 aliphatic rings. The maximum Gasteiger partial charge on any atom is 0.318 e. The Hall–Kier alpha value is -2.24. The Balaban J connectivity index is 2.31. The van der Waals surface area contributed by atoms with E-state index in [0.717, 1.165) is 29.8 Å². The van der Waals surface area contributed by atoms with Crippen LogP contribution in [0.1, 0.15) is 53.0 Å². The van der Waals surface area contributed by atoms with Crippen LogP contribution in [0.25, 0.3) is 0 Å². The van der Waals surface area contributed by atoms with E-state index in [2.05, 4.69) is 31.4 Å². The number of nitrogens with one attached hydrogen (secondary N) is 2. The summed E-state index contributed by atoms with van der Waals surface area (Å²) in [5.41, 5.74) is 2.85. The van der Waals surface area contributed by atoms with Crippen molar-refractivity contribution in [3.8, 4) is 0 Å². The molecule has 0 radical (unpaired) electrons. The number of hydrogen-bond acceptors (Lipinski definition) is 3. The van der Waals surface area contributed by atoms with Gasteiger partial charge in [0.15, 0.2) is 0 Å². The highest BCUT2D eigenvalue weighted by molar-refractivity contribution is 5.94. The molecule has 156 valence electrons. The molecule has 1 aliphatic carbocycles. The minimum Gasteiger partial charge on any atom is -0.377 e. The van der Waals surface area contributed by atoms with Crippen molar-refractivity contribution in [1.82, 2.24) is 10.2 Å². The molecule has 1 fully saturated rings. The lowest BCUT2D eigenvalue weighted by Crippen LogP contribution is -2.48. The van der Waals surface area contributed by atoms with E-state index in [4.69, 9.17) is 0 Å². The number of anilines is 2. The van der Waals surface area contributed by atoms with Crippen molar-refractivity contribution in [2.75, 3.05) is 24.3 Å². The molecule has 3 amide bonds. The van der Waals surface area contributed by atoms with Gasteiger partial charge in [0.05, 0.1) is 0 Å². The lowest BCUT2D eigenvalue weighted by Gasteiger charge is -2.34. The first-order valence-corrected chi connectivity index (χ1v) is 10.3. The topological polar surface area (TPSA) is 64.7 Å². The maximum absolute atomic E-state index is 12.9. The smallest absolute Gasteiger partial charge is 0.318 e. The summed E-state index contributed by atoms with van der Waals surface area (Å²) in [4.78, 5) is 29.0. The molecule has 6 heteroatoms. The van der Waals surface area contributed by atoms with Gasteiger partial charge in [-0.2, -0.15) is 0 Å². The van der Waals surface area contributed by atoms with Crippen LogP contribution in [0, 0.1) is 11.8 Å². The summed E-state index contributed by atoms with van der Waals surface area (Å²) in [6.07, 6.45) is 1.95. The monoisotopic (exact) mass is 388 g/mol. The number of hydrogen-bond donors (Lipinski definition) is 2. The summed E-state index contributed by atoms with van der Waals surface area (Å²) in [5, 5.41) is 6.04. The summed E-state index contributed by atoms with van der Waals surface area (Å²) >= 11 is 0. The molecule has 2 rings (SSSR count). The fraction of sp³-hybridized carbons (Fsp3) is 0.636. The van der Waals surface area contributed by atoms with E-state index in [1.54, 1.807) is 0 Å². The van der Waals surface area contributed by atoms with Gasteiger partial charge in [0, 0.05) is 50.0 Å². The highest BCUT2D eigenvalue weighted by Crippen LogP contribution is 2.31. The van der Waals surface area contributed by atoms with Crippen molar-refractivity contribution in [1.29, 1.82) is 0 Å². The average molecular weight is 389 g/mol. The summed E-state index contributed by atoms with van der Waals surface area (Å²) < 4.78 is 0. The fourth-order valence-corrected chi connectivity index (χ4v) is 3.09. The zero-order valence-electron chi connectivity index (χ0n) is 18.4. The summed E-state index contributed by atoms with van der Waals surface area (Å²) in [7, 11) is 3.98. The second-order valence-corrected chi connectivity index (χ2v) is 8.72. The zero-order valence-corrected chi connectivity index (χ0v) is 18.4. The number of rotatable bonds is 8. The van der Waals surface area contributed by atoms with Crippen LogP contribution in [0.5, 0.6) is 0 Å². The van der Waals surface area contributed by atoms with Gasteiger partial charge in [0.25, 0.3) is 0 Å². The number of carbonyl (C=O) groups excluding carboxylic acids is 2. The second kappa shape index (κ2) is 9.30. The highest BCUT2D eigenvalue weighted by Gasteiger charge is 2.30. The highest BCUT2D eigenvalue weighted by atomic mass is 16.2. The molecule has 1 atom stereocenters. The summed E-state index contributed by atoms with van der Waals surface area (Å²) in [6.45, 7) is 10.8.